The summed E-state index contributed by atoms with van der Waals surface area (Å²) in [6.45, 7) is 3.17. The van der Waals surface area contributed by atoms with Gasteiger partial charge in [0.25, 0.3) is 0 Å². The first-order valence-electron chi connectivity index (χ1n) is 4.80. The van der Waals surface area contributed by atoms with Gasteiger partial charge in [0, 0.05) is 17.8 Å². The van der Waals surface area contributed by atoms with Crippen molar-refractivity contribution in [2.24, 2.45) is 5.73 Å². The Balaban J connectivity index is 2.41. The lowest BCUT2D eigenvalue weighted by Gasteiger charge is -2.04. The van der Waals surface area contributed by atoms with Gasteiger partial charge in [-0.3, -0.25) is 4.79 Å². The molecule has 1 aromatic rings. The van der Waals surface area contributed by atoms with Gasteiger partial charge < -0.3 is 11.1 Å². The van der Waals surface area contributed by atoms with Crippen molar-refractivity contribution in [3.63, 3.8) is 0 Å². The van der Waals surface area contributed by atoms with Crippen LogP contribution in [0.15, 0.2) is 11.4 Å². The second kappa shape index (κ2) is 5.78. The molecule has 3 nitrogen and oxygen atoms in total. The number of thiophene rings is 1. The van der Waals surface area contributed by atoms with Crippen LogP contribution in [0.25, 0.3) is 0 Å². The minimum atomic E-state index is 0.0305. The normalized spacial score (nSPS) is 10.1. The Hall–Kier alpha value is -0.870. The predicted molar refractivity (Wildman–Crippen MR) is 59.2 cm³/mol. The van der Waals surface area contributed by atoms with Crippen molar-refractivity contribution in [2.75, 3.05) is 6.54 Å². The molecule has 1 amide bonds. The summed E-state index contributed by atoms with van der Waals surface area (Å²) in [4.78, 5) is 12.4. The van der Waals surface area contributed by atoms with Gasteiger partial charge in [-0.2, -0.15) is 0 Å². The molecular weight excluding hydrogens is 196 g/mol. The summed E-state index contributed by atoms with van der Waals surface area (Å²) in [5.41, 5.74) is 6.60. The van der Waals surface area contributed by atoms with Crippen molar-refractivity contribution in [2.45, 2.75) is 26.3 Å². The molecule has 0 aliphatic heterocycles. The highest BCUT2D eigenvalue weighted by atomic mass is 32.1. The molecule has 0 saturated heterocycles. The minimum Gasteiger partial charge on any atom is -0.351 e. The number of rotatable bonds is 5. The molecule has 0 atom stereocenters. The predicted octanol–water partition coefficient (Wildman–Crippen LogP) is 1.28. The van der Waals surface area contributed by atoms with Crippen molar-refractivity contribution < 1.29 is 4.79 Å². The van der Waals surface area contributed by atoms with Crippen LogP contribution in [0.1, 0.15) is 23.8 Å². The third-order valence-electron chi connectivity index (χ3n) is 2.04. The summed E-state index contributed by atoms with van der Waals surface area (Å²) in [6, 6.07) is 2.11. The zero-order valence-electron chi connectivity index (χ0n) is 8.38. The van der Waals surface area contributed by atoms with Crippen LogP contribution in [0.4, 0.5) is 0 Å². The Bertz CT molecular complexity index is 296. The molecule has 0 aliphatic rings. The van der Waals surface area contributed by atoms with Gasteiger partial charge in [-0.25, -0.2) is 0 Å². The van der Waals surface area contributed by atoms with E-state index in [4.69, 9.17) is 5.73 Å². The quantitative estimate of drug-likeness (QED) is 0.772. The SMILES string of the molecule is CCc1ccsc1CNC(=O)CCN. The van der Waals surface area contributed by atoms with E-state index in [0.717, 1.165) is 6.42 Å². The standard InChI is InChI=1S/C10H16N2OS/c1-2-8-4-6-14-9(8)7-12-10(13)3-5-11/h4,6H,2-3,5,7,11H2,1H3,(H,12,13). The molecule has 0 spiro atoms. The second-order valence-corrected chi connectivity index (χ2v) is 4.04. The Morgan fingerprint density at radius 1 is 1.64 bits per heavy atom. The fraction of sp³-hybridized carbons (Fsp3) is 0.500. The summed E-state index contributed by atoms with van der Waals surface area (Å²) >= 11 is 1.69. The second-order valence-electron chi connectivity index (χ2n) is 3.04. The van der Waals surface area contributed by atoms with Crippen molar-refractivity contribution in [3.05, 3.63) is 21.9 Å². The zero-order valence-corrected chi connectivity index (χ0v) is 9.19. The van der Waals surface area contributed by atoms with Gasteiger partial charge in [-0.15, -0.1) is 11.3 Å². The summed E-state index contributed by atoms with van der Waals surface area (Å²) in [6.07, 6.45) is 1.43. The average Bonchev–Trinajstić information content (AvgIpc) is 2.62. The maximum atomic E-state index is 11.2. The maximum absolute atomic E-state index is 11.2. The van der Waals surface area contributed by atoms with Crippen LogP contribution in [0.5, 0.6) is 0 Å². The third-order valence-corrected chi connectivity index (χ3v) is 3.00. The molecule has 4 heteroatoms. The molecule has 0 saturated carbocycles. The highest BCUT2D eigenvalue weighted by Crippen LogP contribution is 2.16. The topological polar surface area (TPSA) is 55.1 Å². The lowest BCUT2D eigenvalue weighted by molar-refractivity contribution is -0.121. The first-order valence-corrected chi connectivity index (χ1v) is 5.68. The van der Waals surface area contributed by atoms with Crippen LogP contribution in [0, 0.1) is 0 Å². The molecule has 0 radical (unpaired) electrons. The average molecular weight is 212 g/mol. The van der Waals surface area contributed by atoms with E-state index < -0.39 is 0 Å². The molecular formula is C10H16N2OS. The van der Waals surface area contributed by atoms with Crippen molar-refractivity contribution >= 4 is 17.2 Å². The summed E-state index contributed by atoms with van der Waals surface area (Å²) in [5.74, 6) is 0.0305. The number of nitrogens with one attached hydrogen (secondary N) is 1. The van der Waals surface area contributed by atoms with Crippen LogP contribution in [-0.2, 0) is 17.8 Å². The summed E-state index contributed by atoms with van der Waals surface area (Å²) in [5, 5.41) is 4.91. The fourth-order valence-corrected chi connectivity index (χ4v) is 2.15. The number of hydrogen-bond acceptors (Lipinski definition) is 3. The molecule has 1 rings (SSSR count). The molecule has 0 fully saturated rings. The number of nitrogens with two attached hydrogens (primary N) is 1. The van der Waals surface area contributed by atoms with E-state index in [-0.39, 0.29) is 5.91 Å². The van der Waals surface area contributed by atoms with Crippen molar-refractivity contribution in [1.29, 1.82) is 0 Å². The number of carbonyl (C=O) groups excluding carboxylic acids is 1. The van der Waals surface area contributed by atoms with E-state index in [1.54, 1.807) is 11.3 Å². The van der Waals surface area contributed by atoms with E-state index in [0.29, 0.717) is 19.5 Å². The molecule has 3 N–H and O–H groups in total. The highest BCUT2D eigenvalue weighted by Gasteiger charge is 2.04. The molecule has 0 aliphatic carbocycles. The minimum absolute atomic E-state index is 0.0305. The van der Waals surface area contributed by atoms with Gasteiger partial charge in [0.15, 0.2) is 0 Å². The van der Waals surface area contributed by atoms with Gasteiger partial charge in [0.1, 0.15) is 0 Å². The van der Waals surface area contributed by atoms with Crippen molar-refractivity contribution in [3.8, 4) is 0 Å². The molecule has 0 bridgehead atoms. The van der Waals surface area contributed by atoms with Gasteiger partial charge in [-0.1, -0.05) is 6.92 Å². The Labute approximate surface area is 88.3 Å². The van der Waals surface area contributed by atoms with Gasteiger partial charge >= 0.3 is 0 Å². The molecule has 1 aromatic heterocycles. The van der Waals surface area contributed by atoms with E-state index in [1.807, 2.05) is 0 Å². The van der Waals surface area contributed by atoms with Crippen LogP contribution in [0.3, 0.4) is 0 Å². The number of aryl methyl sites for hydroxylation is 1. The smallest absolute Gasteiger partial charge is 0.221 e. The Morgan fingerprint density at radius 2 is 2.43 bits per heavy atom. The third kappa shape index (κ3) is 3.12. The van der Waals surface area contributed by atoms with Crippen LogP contribution in [0.2, 0.25) is 0 Å². The number of hydrogen-bond donors (Lipinski definition) is 2. The Morgan fingerprint density at radius 3 is 3.07 bits per heavy atom. The number of amides is 1. The first kappa shape index (κ1) is 11.2. The summed E-state index contributed by atoms with van der Waals surface area (Å²) in [7, 11) is 0. The first-order chi connectivity index (χ1) is 6.77. The Kier molecular flexibility index (Phi) is 4.62. The largest absolute Gasteiger partial charge is 0.351 e. The van der Waals surface area contributed by atoms with Gasteiger partial charge in [0.2, 0.25) is 5.91 Å². The van der Waals surface area contributed by atoms with Gasteiger partial charge in [0.05, 0.1) is 6.54 Å². The lowest BCUT2D eigenvalue weighted by atomic mass is 10.2. The van der Waals surface area contributed by atoms with Crippen molar-refractivity contribution in [1.82, 2.24) is 5.32 Å². The number of carbonyl (C=O) groups is 1. The molecule has 0 unspecified atom stereocenters. The molecule has 0 aromatic carbocycles. The van der Waals surface area contributed by atoms with Crippen LogP contribution >= 0.6 is 11.3 Å². The van der Waals surface area contributed by atoms with E-state index in [9.17, 15) is 4.79 Å². The monoisotopic (exact) mass is 212 g/mol. The molecule has 78 valence electrons. The zero-order chi connectivity index (χ0) is 10.4. The lowest BCUT2D eigenvalue weighted by Crippen LogP contribution is -2.24. The maximum Gasteiger partial charge on any atom is 0.221 e. The van der Waals surface area contributed by atoms with Gasteiger partial charge in [-0.05, 0) is 23.4 Å². The van der Waals surface area contributed by atoms with E-state index >= 15 is 0 Å². The van der Waals surface area contributed by atoms with E-state index in [2.05, 4.69) is 23.7 Å². The fourth-order valence-electron chi connectivity index (χ4n) is 1.24. The van der Waals surface area contributed by atoms with Crippen LogP contribution in [-0.4, -0.2) is 12.5 Å². The highest BCUT2D eigenvalue weighted by molar-refractivity contribution is 7.10. The summed E-state index contributed by atoms with van der Waals surface area (Å²) < 4.78 is 0. The van der Waals surface area contributed by atoms with E-state index in [1.165, 1.54) is 10.4 Å². The molecule has 14 heavy (non-hydrogen) atoms. The van der Waals surface area contributed by atoms with Crippen LogP contribution < -0.4 is 11.1 Å². The molecule has 1 heterocycles.